The molecule has 0 aliphatic heterocycles. The van der Waals surface area contributed by atoms with Crippen LogP contribution in [0.5, 0.6) is 0 Å². The molecule has 1 N–H and O–H groups in total. The Balaban J connectivity index is 2.43. The Labute approximate surface area is 93.4 Å². The highest BCUT2D eigenvalue weighted by molar-refractivity contribution is 7.96. The molecule has 0 amide bonds. The predicted octanol–water partition coefficient (Wildman–Crippen LogP) is 3.77. The second-order valence-corrected chi connectivity index (χ2v) is 4.42. The summed E-state index contributed by atoms with van der Waals surface area (Å²) in [5.41, 5.74) is 1.14. The zero-order valence-electron chi connectivity index (χ0n) is 8.84. The normalized spacial score (nSPS) is 11.3. The quantitative estimate of drug-likeness (QED) is 0.774. The molecule has 84 valence electrons. The number of benzene rings is 1. The van der Waals surface area contributed by atoms with E-state index < -0.39 is 6.43 Å². The van der Waals surface area contributed by atoms with Crippen molar-refractivity contribution in [2.24, 2.45) is 0 Å². The van der Waals surface area contributed by atoms with Gasteiger partial charge in [0.2, 0.25) is 0 Å². The fourth-order valence-electron chi connectivity index (χ4n) is 1.05. The Kier molecular flexibility index (Phi) is 5.05. The Morgan fingerprint density at radius 1 is 1.20 bits per heavy atom. The first-order valence-corrected chi connectivity index (χ1v) is 5.82. The molecule has 4 heteroatoms. The highest BCUT2D eigenvalue weighted by Crippen LogP contribution is 2.19. The maximum absolute atomic E-state index is 12.2. The summed E-state index contributed by atoms with van der Waals surface area (Å²) < 4.78 is 27.7. The summed E-state index contributed by atoms with van der Waals surface area (Å²) in [4.78, 5) is 0. The van der Waals surface area contributed by atoms with Gasteiger partial charge in [-0.05, 0) is 19.4 Å². The smallest absolute Gasteiger partial charge is 0.261 e. The van der Waals surface area contributed by atoms with Gasteiger partial charge in [0, 0.05) is 17.4 Å². The lowest BCUT2D eigenvalue weighted by Gasteiger charge is -2.07. The van der Waals surface area contributed by atoms with Crippen LogP contribution in [-0.2, 0) is 5.75 Å². The van der Waals surface area contributed by atoms with E-state index in [0.29, 0.717) is 6.04 Å². The molecule has 0 saturated carbocycles. The first-order valence-electron chi connectivity index (χ1n) is 4.84. The minimum Gasteiger partial charge on any atom is -0.261 e. The standard InChI is InChI=1S/C11H15F2NS/c1-8(2)14-15-7-9-3-5-10(6-4-9)11(12)13/h3-6,8,11,14H,7H2,1-2H3. The summed E-state index contributed by atoms with van der Waals surface area (Å²) in [6.45, 7) is 4.12. The van der Waals surface area contributed by atoms with Gasteiger partial charge in [-0.3, -0.25) is 4.72 Å². The van der Waals surface area contributed by atoms with Gasteiger partial charge in [0.05, 0.1) is 0 Å². The van der Waals surface area contributed by atoms with Crippen LogP contribution in [0.4, 0.5) is 8.78 Å². The van der Waals surface area contributed by atoms with Crippen LogP contribution in [-0.4, -0.2) is 6.04 Å². The number of rotatable bonds is 5. The van der Waals surface area contributed by atoms with Crippen molar-refractivity contribution < 1.29 is 8.78 Å². The third-order valence-corrected chi connectivity index (χ3v) is 2.91. The van der Waals surface area contributed by atoms with Gasteiger partial charge >= 0.3 is 0 Å². The Morgan fingerprint density at radius 2 is 1.80 bits per heavy atom. The van der Waals surface area contributed by atoms with Crippen LogP contribution in [0.15, 0.2) is 24.3 Å². The van der Waals surface area contributed by atoms with Gasteiger partial charge < -0.3 is 0 Å². The predicted molar refractivity (Wildman–Crippen MR) is 61.0 cm³/mol. The molecule has 0 fully saturated rings. The van der Waals surface area contributed by atoms with E-state index >= 15 is 0 Å². The molecule has 15 heavy (non-hydrogen) atoms. The van der Waals surface area contributed by atoms with E-state index in [1.807, 2.05) is 0 Å². The third kappa shape index (κ3) is 4.62. The van der Waals surface area contributed by atoms with E-state index in [9.17, 15) is 8.78 Å². The zero-order chi connectivity index (χ0) is 11.3. The van der Waals surface area contributed by atoms with Gasteiger partial charge in [-0.1, -0.05) is 36.2 Å². The summed E-state index contributed by atoms with van der Waals surface area (Å²) in [7, 11) is 0. The minimum atomic E-state index is -2.37. The first kappa shape index (κ1) is 12.5. The molecule has 0 radical (unpaired) electrons. The van der Waals surface area contributed by atoms with E-state index in [0.717, 1.165) is 11.3 Å². The van der Waals surface area contributed by atoms with Crippen LogP contribution in [0.3, 0.4) is 0 Å². The van der Waals surface area contributed by atoms with Gasteiger partial charge in [0.1, 0.15) is 0 Å². The Morgan fingerprint density at radius 3 is 2.27 bits per heavy atom. The van der Waals surface area contributed by atoms with Crippen LogP contribution in [0.25, 0.3) is 0 Å². The molecular formula is C11H15F2NS. The zero-order valence-corrected chi connectivity index (χ0v) is 9.65. The summed E-state index contributed by atoms with van der Waals surface area (Å²) in [6, 6.07) is 6.88. The summed E-state index contributed by atoms with van der Waals surface area (Å²) >= 11 is 1.59. The molecule has 0 unspecified atom stereocenters. The van der Waals surface area contributed by atoms with E-state index in [4.69, 9.17) is 0 Å². The molecule has 0 aromatic heterocycles. The molecule has 0 spiro atoms. The molecule has 0 aliphatic rings. The minimum absolute atomic E-state index is 0.0839. The fourth-order valence-corrected chi connectivity index (χ4v) is 1.83. The molecule has 1 rings (SSSR count). The topological polar surface area (TPSA) is 12.0 Å². The molecule has 1 aromatic carbocycles. The van der Waals surface area contributed by atoms with Crippen molar-refractivity contribution in [2.45, 2.75) is 32.1 Å². The summed E-state index contributed by atoms with van der Waals surface area (Å²) in [5, 5.41) is 0. The number of halogens is 2. The Hall–Kier alpha value is -0.610. The Bertz CT molecular complexity index is 285. The second-order valence-electron chi connectivity index (χ2n) is 3.60. The van der Waals surface area contributed by atoms with Crippen LogP contribution in [0.2, 0.25) is 0 Å². The largest absolute Gasteiger partial charge is 0.263 e. The lowest BCUT2D eigenvalue weighted by Crippen LogP contribution is -2.14. The van der Waals surface area contributed by atoms with Gasteiger partial charge in [-0.2, -0.15) is 0 Å². The first-order chi connectivity index (χ1) is 7.09. The lowest BCUT2D eigenvalue weighted by molar-refractivity contribution is 0.151. The highest BCUT2D eigenvalue weighted by Gasteiger charge is 2.05. The number of alkyl halides is 2. The highest BCUT2D eigenvalue weighted by atomic mass is 32.2. The lowest BCUT2D eigenvalue weighted by atomic mass is 10.2. The van der Waals surface area contributed by atoms with E-state index in [2.05, 4.69) is 18.6 Å². The molecule has 0 heterocycles. The summed E-state index contributed by atoms with van der Waals surface area (Å²) in [6.07, 6.45) is -2.37. The van der Waals surface area contributed by atoms with Gasteiger partial charge in [0.25, 0.3) is 6.43 Å². The van der Waals surface area contributed by atoms with E-state index in [1.165, 1.54) is 12.1 Å². The van der Waals surface area contributed by atoms with E-state index in [1.54, 1.807) is 24.1 Å². The van der Waals surface area contributed by atoms with Crippen molar-refractivity contribution in [3.05, 3.63) is 35.4 Å². The van der Waals surface area contributed by atoms with Crippen molar-refractivity contribution in [1.82, 2.24) is 4.72 Å². The number of nitrogens with one attached hydrogen (secondary N) is 1. The van der Waals surface area contributed by atoms with Crippen molar-refractivity contribution in [1.29, 1.82) is 0 Å². The average molecular weight is 231 g/mol. The van der Waals surface area contributed by atoms with Crippen molar-refractivity contribution in [2.75, 3.05) is 0 Å². The molecule has 1 nitrogen and oxygen atoms in total. The molecule has 0 aliphatic carbocycles. The average Bonchev–Trinajstić information content (AvgIpc) is 2.18. The molecule has 0 saturated heterocycles. The fraction of sp³-hybridized carbons (Fsp3) is 0.455. The van der Waals surface area contributed by atoms with Crippen LogP contribution in [0, 0.1) is 0 Å². The van der Waals surface area contributed by atoms with Crippen LogP contribution >= 0.6 is 11.9 Å². The molecule has 1 aromatic rings. The number of hydrogen-bond acceptors (Lipinski definition) is 2. The maximum Gasteiger partial charge on any atom is 0.263 e. The molecular weight excluding hydrogens is 216 g/mol. The monoisotopic (exact) mass is 231 g/mol. The van der Waals surface area contributed by atoms with Crippen molar-refractivity contribution in [3.63, 3.8) is 0 Å². The van der Waals surface area contributed by atoms with Crippen molar-refractivity contribution >= 4 is 11.9 Å². The summed E-state index contributed by atoms with van der Waals surface area (Å²) in [5.74, 6) is 0.793. The van der Waals surface area contributed by atoms with E-state index in [-0.39, 0.29) is 5.56 Å². The third-order valence-electron chi connectivity index (χ3n) is 1.79. The SMILES string of the molecule is CC(C)NSCc1ccc(C(F)F)cc1. The van der Waals surface area contributed by atoms with Crippen LogP contribution in [0.1, 0.15) is 31.4 Å². The van der Waals surface area contributed by atoms with Gasteiger partial charge in [0.15, 0.2) is 0 Å². The molecule has 0 bridgehead atoms. The number of hydrogen-bond donors (Lipinski definition) is 1. The maximum atomic E-state index is 12.2. The second kappa shape index (κ2) is 6.08. The van der Waals surface area contributed by atoms with Crippen molar-refractivity contribution in [3.8, 4) is 0 Å². The van der Waals surface area contributed by atoms with Gasteiger partial charge in [-0.25, -0.2) is 8.78 Å². The molecule has 0 atom stereocenters. The van der Waals surface area contributed by atoms with Gasteiger partial charge in [-0.15, -0.1) is 0 Å². The van der Waals surface area contributed by atoms with Crippen LogP contribution < -0.4 is 4.72 Å².